The molecule has 0 saturated heterocycles. The molecule has 0 atom stereocenters. The third kappa shape index (κ3) is 6.76. The maximum absolute atomic E-state index is 11.5. The van der Waals surface area contributed by atoms with E-state index in [-0.39, 0.29) is 12.5 Å². The van der Waals surface area contributed by atoms with E-state index in [0.717, 1.165) is 5.69 Å². The Morgan fingerprint density at radius 1 is 1.26 bits per heavy atom. The summed E-state index contributed by atoms with van der Waals surface area (Å²) in [4.78, 5) is 11.5. The van der Waals surface area contributed by atoms with Gasteiger partial charge >= 0.3 is 5.97 Å². The van der Waals surface area contributed by atoms with E-state index >= 15 is 0 Å². The summed E-state index contributed by atoms with van der Waals surface area (Å²) in [5, 5.41) is 6.21. The molecule has 19 heavy (non-hydrogen) atoms. The van der Waals surface area contributed by atoms with E-state index in [1.807, 2.05) is 52.0 Å². The van der Waals surface area contributed by atoms with Gasteiger partial charge in [0, 0.05) is 5.69 Å². The highest BCUT2D eigenvalue weighted by molar-refractivity contribution is 7.80. The monoisotopic (exact) mass is 280 g/mol. The van der Waals surface area contributed by atoms with Crippen LogP contribution in [0.1, 0.15) is 26.3 Å². The van der Waals surface area contributed by atoms with Crippen LogP contribution in [0.25, 0.3) is 0 Å². The number of thiocarbonyl (C=S) groups is 1. The predicted molar refractivity (Wildman–Crippen MR) is 81.2 cm³/mol. The first kappa shape index (κ1) is 15.4. The summed E-state index contributed by atoms with van der Waals surface area (Å²) >= 11 is 5.10. The van der Waals surface area contributed by atoms with E-state index in [2.05, 4.69) is 10.6 Å². The first-order valence-electron chi connectivity index (χ1n) is 6.09. The number of hydrogen-bond acceptors (Lipinski definition) is 3. The van der Waals surface area contributed by atoms with Gasteiger partial charge in [-0.2, -0.15) is 0 Å². The third-order valence-corrected chi connectivity index (χ3v) is 2.37. The number of benzene rings is 1. The lowest BCUT2D eigenvalue weighted by Crippen LogP contribution is -2.36. The van der Waals surface area contributed by atoms with E-state index < -0.39 is 5.60 Å². The molecule has 4 nitrogen and oxygen atoms in total. The summed E-state index contributed by atoms with van der Waals surface area (Å²) in [5.41, 5.74) is 1.58. The Kier molecular flexibility index (Phi) is 5.30. The van der Waals surface area contributed by atoms with Gasteiger partial charge in [-0.15, -0.1) is 0 Å². The maximum Gasteiger partial charge on any atom is 0.325 e. The highest BCUT2D eigenvalue weighted by Gasteiger charge is 2.15. The van der Waals surface area contributed by atoms with Crippen molar-refractivity contribution in [2.24, 2.45) is 0 Å². The first-order chi connectivity index (χ1) is 8.76. The second-order valence-corrected chi connectivity index (χ2v) is 5.67. The molecule has 0 spiro atoms. The van der Waals surface area contributed by atoms with Crippen molar-refractivity contribution >= 4 is 29.0 Å². The molecule has 0 fully saturated rings. The van der Waals surface area contributed by atoms with E-state index in [1.165, 1.54) is 5.56 Å². The molecule has 0 bridgehead atoms. The number of carbonyl (C=O) groups is 1. The molecule has 0 saturated carbocycles. The SMILES string of the molecule is Cc1ccc(NC(=S)NCC(=O)OC(C)(C)C)cc1. The van der Waals surface area contributed by atoms with Gasteiger partial charge in [-0.1, -0.05) is 17.7 Å². The van der Waals surface area contributed by atoms with Gasteiger partial charge in [-0.25, -0.2) is 0 Å². The van der Waals surface area contributed by atoms with Crippen LogP contribution in [0.15, 0.2) is 24.3 Å². The minimum Gasteiger partial charge on any atom is -0.459 e. The van der Waals surface area contributed by atoms with Gasteiger partial charge in [0.15, 0.2) is 5.11 Å². The fraction of sp³-hybridized carbons (Fsp3) is 0.429. The molecule has 0 aromatic heterocycles. The molecular formula is C14H20N2O2S. The van der Waals surface area contributed by atoms with E-state index in [0.29, 0.717) is 5.11 Å². The van der Waals surface area contributed by atoms with Crippen LogP contribution in [0.3, 0.4) is 0 Å². The topological polar surface area (TPSA) is 50.4 Å². The van der Waals surface area contributed by atoms with Crippen LogP contribution in [0, 0.1) is 6.92 Å². The Hall–Kier alpha value is -1.62. The lowest BCUT2D eigenvalue weighted by Gasteiger charge is -2.20. The van der Waals surface area contributed by atoms with Gasteiger partial charge in [0.2, 0.25) is 0 Å². The summed E-state index contributed by atoms with van der Waals surface area (Å²) in [6, 6.07) is 7.82. The Bertz CT molecular complexity index is 450. The molecule has 0 unspecified atom stereocenters. The number of rotatable bonds is 3. The largest absolute Gasteiger partial charge is 0.459 e. The second-order valence-electron chi connectivity index (χ2n) is 5.26. The van der Waals surface area contributed by atoms with Crippen molar-refractivity contribution in [3.8, 4) is 0 Å². The molecule has 0 aliphatic carbocycles. The molecule has 0 heterocycles. The third-order valence-electron chi connectivity index (χ3n) is 2.12. The second kappa shape index (κ2) is 6.52. The molecule has 1 aromatic carbocycles. The van der Waals surface area contributed by atoms with Gasteiger partial charge in [-0.05, 0) is 52.0 Å². The minimum atomic E-state index is -0.481. The lowest BCUT2D eigenvalue weighted by atomic mass is 10.2. The molecule has 2 N–H and O–H groups in total. The Balaban J connectivity index is 2.36. The van der Waals surface area contributed by atoms with Gasteiger partial charge in [-0.3, -0.25) is 4.79 Å². The number of ether oxygens (including phenoxy) is 1. The molecule has 5 heteroatoms. The van der Waals surface area contributed by atoms with Crippen molar-refractivity contribution in [3.63, 3.8) is 0 Å². The molecule has 1 aromatic rings. The Morgan fingerprint density at radius 2 is 1.84 bits per heavy atom. The van der Waals surface area contributed by atoms with Crippen molar-refractivity contribution in [3.05, 3.63) is 29.8 Å². The van der Waals surface area contributed by atoms with Crippen LogP contribution in [-0.2, 0) is 9.53 Å². The maximum atomic E-state index is 11.5. The molecule has 0 aliphatic rings. The van der Waals surface area contributed by atoms with E-state index in [4.69, 9.17) is 17.0 Å². The summed E-state index contributed by atoms with van der Waals surface area (Å²) in [5.74, 6) is -0.333. The standard InChI is InChI=1S/C14H20N2O2S/c1-10-5-7-11(8-6-10)16-13(19)15-9-12(17)18-14(2,3)4/h5-8H,9H2,1-4H3,(H2,15,16,19). The van der Waals surface area contributed by atoms with Gasteiger partial charge in [0.25, 0.3) is 0 Å². The van der Waals surface area contributed by atoms with Crippen LogP contribution >= 0.6 is 12.2 Å². The zero-order valence-corrected chi connectivity index (χ0v) is 12.6. The van der Waals surface area contributed by atoms with Crippen LogP contribution in [0.2, 0.25) is 0 Å². The number of hydrogen-bond donors (Lipinski definition) is 2. The molecule has 1 rings (SSSR count). The summed E-state index contributed by atoms with van der Waals surface area (Å²) in [7, 11) is 0. The molecule has 0 amide bonds. The first-order valence-corrected chi connectivity index (χ1v) is 6.50. The number of anilines is 1. The highest BCUT2D eigenvalue weighted by atomic mass is 32.1. The lowest BCUT2D eigenvalue weighted by molar-refractivity contribution is -0.153. The molecule has 0 aliphatic heterocycles. The fourth-order valence-corrected chi connectivity index (χ4v) is 1.53. The number of aryl methyl sites for hydroxylation is 1. The average Bonchev–Trinajstić information content (AvgIpc) is 2.27. The summed E-state index contributed by atoms with van der Waals surface area (Å²) in [6.45, 7) is 7.55. The van der Waals surface area contributed by atoms with Gasteiger partial charge < -0.3 is 15.4 Å². The zero-order chi connectivity index (χ0) is 14.5. The minimum absolute atomic E-state index is 0.0506. The average molecular weight is 280 g/mol. The van der Waals surface area contributed by atoms with Crippen LogP contribution in [0.5, 0.6) is 0 Å². The Labute approximate surface area is 119 Å². The zero-order valence-electron chi connectivity index (χ0n) is 11.7. The van der Waals surface area contributed by atoms with Gasteiger partial charge in [0.1, 0.15) is 12.1 Å². The van der Waals surface area contributed by atoms with Crippen molar-refractivity contribution in [1.29, 1.82) is 0 Å². The molecule has 0 radical (unpaired) electrons. The quantitative estimate of drug-likeness (QED) is 0.658. The Morgan fingerprint density at radius 3 is 2.37 bits per heavy atom. The van der Waals surface area contributed by atoms with Crippen molar-refractivity contribution in [2.45, 2.75) is 33.3 Å². The predicted octanol–water partition coefficient (Wildman–Crippen LogP) is 2.62. The summed E-state index contributed by atoms with van der Waals surface area (Å²) < 4.78 is 5.17. The van der Waals surface area contributed by atoms with Crippen molar-refractivity contribution < 1.29 is 9.53 Å². The fourth-order valence-electron chi connectivity index (χ4n) is 1.34. The normalized spacial score (nSPS) is 10.7. The summed E-state index contributed by atoms with van der Waals surface area (Å²) in [6.07, 6.45) is 0. The van der Waals surface area contributed by atoms with Crippen LogP contribution in [0.4, 0.5) is 5.69 Å². The van der Waals surface area contributed by atoms with Crippen LogP contribution < -0.4 is 10.6 Å². The molecular weight excluding hydrogens is 260 g/mol. The van der Waals surface area contributed by atoms with Crippen molar-refractivity contribution in [2.75, 3.05) is 11.9 Å². The van der Waals surface area contributed by atoms with E-state index in [1.54, 1.807) is 0 Å². The van der Waals surface area contributed by atoms with Gasteiger partial charge in [0.05, 0.1) is 0 Å². The van der Waals surface area contributed by atoms with Crippen LogP contribution in [-0.4, -0.2) is 23.2 Å². The highest BCUT2D eigenvalue weighted by Crippen LogP contribution is 2.08. The molecule has 104 valence electrons. The van der Waals surface area contributed by atoms with E-state index in [9.17, 15) is 4.79 Å². The van der Waals surface area contributed by atoms with Crippen molar-refractivity contribution in [1.82, 2.24) is 5.32 Å². The number of carbonyl (C=O) groups excluding carboxylic acids is 1. The number of esters is 1. The smallest absolute Gasteiger partial charge is 0.325 e. The number of nitrogens with one attached hydrogen (secondary N) is 2.